The van der Waals surface area contributed by atoms with E-state index in [1.54, 1.807) is 11.8 Å². The summed E-state index contributed by atoms with van der Waals surface area (Å²) >= 11 is 1.65. The quantitative estimate of drug-likeness (QED) is 0.644. The normalized spacial score (nSPS) is 19.1. The molecule has 108 valence electrons. The summed E-state index contributed by atoms with van der Waals surface area (Å²) in [5, 5.41) is 14.0. The number of hydrogen-bond acceptors (Lipinski definition) is 5. The van der Waals surface area contributed by atoms with Crippen molar-refractivity contribution >= 4 is 11.8 Å². The van der Waals surface area contributed by atoms with Gasteiger partial charge in [0.15, 0.2) is 5.16 Å². The van der Waals surface area contributed by atoms with Gasteiger partial charge in [0.2, 0.25) is 0 Å². The van der Waals surface area contributed by atoms with E-state index in [4.69, 9.17) is 0 Å². The Hall–Kier alpha value is -1.12. The maximum Gasteiger partial charge on any atom is 0.188 e. The number of hydrogen-bond donors (Lipinski definition) is 1. The summed E-state index contributed by atoms with van der Waals surface area (Å²) < 4.78 is 0. The molecule has 1 aromatic heterocycles. The first kappa shape index (κ1) is 15.3. The molecule has 4 nitrogen and oxygen atoms in total. The van der Waals surface area contributed by atoms with Crippen LogP contribution in [0.25, 0.3) is 0 Å². The summed E-state index contributed by atoms with van der Waals surface area (Å²) in [5.74, 6) is 0. The van der Waals surface area contributed by atoms with Gasteiger partial charge in [-0.15, -0.1) is 0 Å². The summed E-state index contributed by atoms with van der Waals surface area (Å²) in [6, 6.07) is 4.94. The Kier molecular flexibility index (Phi) is 4.66. The van der Waals surface area contributed by atoms with Gasteiger partial charge in [-0.1, -0.05) is 18.7 Å². The van der Waals surface area contributed by atoms with Crippen molar-refractivity contribution in [3.63, 3.8) is 0 Å². The lowest BCUT2D eigenvalue weighted by molar-refractivity contribution is 0.414. The van der Waals surface area contributed by atoms with Crippen molar-refractivity contribution in [3.8, 4) is 6.07 Å². The molecule has 2 unspecified atom stereocenters. The van der Waals surface area contributed by atoms with Gasteiger partial charge in [-0.2, -0.15) is 5.26 Å². The molecule has 1 saturated carbocycles. The lowest BCUT2D eigenvalue weighted by Gasteiger charge is -2.26. The van der Waals surface area contributed by atoms with E-state index in [2.05, 4.69) is 28.3 Å². The first-order valence-corrected chi connectivity index (χ1v) is 7.96. The largest absolute Gasteiger partial charge is 0.297 e. The molecule has 1 aliphatic carbocycles. The minimum atomic E-state index is -0.452. The molecule has 0 aliphatic heterocycles. The average Bonchev–Trinajstić information content (AvgIpc) is 3.10. The second-order valence-electron chi connectivity index (χ2n) is 5.93. The van der Waals surface area contributed by atoms with Crippen LogP contribution in [0.3, 0.4) is 0 Å². The number of thioether (sulfide) groups is 1. The smallest absolute Gasteiger partial charge is 0.188 e. The van der Waals surface area contributed by atoms with Crippen LogP contribution in [0.2, 0.25) is 0 Å². The van der Waals surface area contributed by atoms with Crippen molar-refractivity contribution in [2.24, 2.45) is 0 Å². The number of nitrogens with zero attached hydrogens (tertiary/aromatic N) is 3. The molecule has 0 radical (unpaired) electrons. The molecule has 2 rings (SSSR count). The molecule has 1 fully saturated rings. The summed E-state index contributed by atoms with van der Waals surface area (Å²) in [6.45, 7) is 8.09. The van der Waals surface area contributed by atoms with Crippen LogP contribution in [-0.4, -0.2) is 26.8 Å². The Bertz CT molecular complexity index is 501. The minimum absolute atomic E-state index is 0.298. The average molecular weight is 290 g/mol. The fourth-order valence-electron chi connectivity index (χ4n) is 2.36. The molecule has 0 bridgehead atoms. The lowest BCUT2D eigenvalue weighted by atomic mass is 9.98. The standard InChI is InChI=1S/C15H22N4S/c1-10-7-11(2)18-14(17-10)20-12(3)8-15(4,9-16)19-13-5-6-13/h7,12-13,19H,5-6,8H2,1-4H3. The zero-order chi connectivity index (χ0) is 14.8. The third kappa shape index (κ3) is 4.46. The molecule has 0 amide bonds. The van der Waals surface area contributed by atoms with E-state index in [0.29, 0.717) is 11.3 Å². The highest BCUT2D eigenvalue weighted by Gasteiger charge is 2.33. The van der Waals surface area contributed by atoms with Crippen molar-refractivity contribution in [2.75, 3.05) is 0 Å². The van der Waals surface area contributed by atoms with E-state index in [1.807, 2.05) is 26.8 Å². The van der Waals surface area contributed by atoms with Crippen LogP contribution in [-0.2, 0) is 0 Å². The molecule has 0 aromatic carbocycles. The minimum Gasteiger partial charge on any atom is -0.297 e. The highest BCUT2D eigenvalue weighted by molar-refractivity contribution is 7.99. The first-order chi connectivity index (χ1) is 9.40. The van der Waals surface area contributed by atoms with Crippen molar-refractivity contribution in [1.29, 1.82) is 5.26 Å². The third-order valence-electron chi connectivity index (χ3n) is 3.31. The van der Waals surface area contributed by atoms with E-state index in [0.717, 1.165) is 23.0 Å². The van der Waals surface area contributed by atoms with Crippen LogP contribution in [0.5, 0.6) is 0 Å². The number of rotatable bonds is 6. The fraction of sp³-hybridized carbons (Fsp3) is 0.667. The van der Waals surface area contributed by atoms with E-state index in [-0.39, 0.29) is 0 Å². The molecule has 5 heteroatoms. The summed E-state index contributed by atoms with van der Waals surface area (Å²) in [5.41, 5.74) is 1.53. The monoisotopic (exact) mass is 290 g/mol. The molecule has 0 spiro atoms. The van der Waals surface area contributed by atoms with E-state index in [9.17, 15) is 5.26 Å². The molecule has 1 heterocycles. The van der Waals surface area contributed by atoms with Gasteiger partial charge in [-0.25, -0.2) is 9.97 Å². The predicted octanol–water partition coefficient (Wildman–Crippen LogP) is 3.00. The predicted molar refractivity (Wildman–Crippen MR) is 81.6 cm³/mol. The van der Waals surface area contributed by atoms with E-state index in [1.165, 1.54) is 12.8 Å². The van der Waals surface area contributed by atoms with Gasteiger partial charge in [-0.05, 0) is 46.1 Å². The molecule has 0 saturated heterocycles. The summed E-state index contributed by atoms with van der Waals surface area (Å²) in [4.78, 5) is 8.90. The van der Waals surface area contributed by atoms with Crippen LogP contribution in [0, 0.1) is 25.2 Å². The van der Waals surface area contributed by atoms with Gasteiger partial charge in [0.25, 0.3) is 0 Å². The number of aromatic nitrogens is 2. The van der Waals surface area contributed by atoms with Gasteiger partial charge in [0, 0.05) is 22.7 Å². The van der Waals surface area contributed by atoms with E-state index >= 15 is 0 Å². The van der Waals surface area contributed by atoms with Gasteiger partial charge in [-0.3, -0.25) is 5.32 Å². The molecule has 20 heavy (non-hydrogen) atoms. The molecule has 2 atom stereocenters. The Morgan fingerprint density at radius 2 is 2.05 bits per heavy atom. The van der Waals surface area contributed by atoms with Crippen LogP contribution < -0.4 is 5.32 Å². The van der Waals surface area contributed by atoms with Gasteiger partial charge < -0.3 is 0 Å². The highest BCUT2D eigenvalue weighted by atomic mass is 32.2. The van der Waals surface area contributed by atoms with Gasteiger partial charge >= 0.3 is 0 Å². The number of aryl methyl sites for hydroxylation is 2. The van der Waals surface area contributed by atoms with Crippen LogP contribution >= 0.6 is 11.8 Å². The lowest BCUT2D eigenvalue weighted by Crippen LogP contribution is -2.44. The van der Waals surface area contributed by atoms with Crippen LogP contribution in [0.4, 0.5) is 0 Å². The SMILES string of the molecule is Cc1cc(C)nc(SC(C)CC(C)(C#N)NC2CC2)n1. The van der Waals surface area contributed by atoms with Gasteiger partial charge in [0.05, 0.1) is 6.07 Å². The van der Waals surface area contributed by atoms with Crippen LogP contribution in [0.15, 0.2) is 11.2 Å². The molecular weight excluding hydrogens is 268 g/mol. The molecule has 1 aliphatic rings. The van der Waals surface area contributed by atoms with Crippen LogP contribution in [0.1, 0.15) is 44.5 Å². The van der Waals surface area contributed by atoms with E-state index < -0.39 is 5.54 Å². The first-order valence-electron chi connectivity index (χ1n) is 7.08. The number of nitriles is 1. The Labute approximate surface area is 125 Å². The summed E-state index contributed by atoms with van der Waals surface area (Å²) in [7, 11) is 0. The second-order valence-corrected chi connectivity index (χ2v) is 7.33. The third-order valence-corrected chi connectivity index (χ3v) is 4.27. The Balaban J connectivity index is 1.96. The zero-order valence-electron chi connectivity index (χ0n) is 12.6. The molecule has 1 N–H and O–H groups in total. The maximum absolute atomic E-state index is 9.41. The van der Waals surface area contributed by atoms with Crippen molar-refractivity contribution < 1.29 is 0 Å². The highest BCUT2D eigenvalue weighted by Crippen LogP contribution is 2.29. The topological polar surface area (TPSA) is 61.6 Å². The Morgan fingerprint density at radius 1 is 1.45 bits per heavy atom. The molecule has 1 aromatic rings. The Morgan fingerprint density at radius 3 is 2.55 bits per heavy atom. The molecular formula is C15H22N4S. The van der Waals surface area contributed by atoms with Crippen molar-refractivity contribution in [2.45, 2.75) is 68.9 Å². The number of nitrogens with one attached hydrogen (secondary N) is 1. The van der Waals surface area contributed by atoms with Crippen molar-refractivity contribution in [3.05, 3.63) is 17.5 Å². The van der Waals surface area contributed by atoms with Gasteiger partial charge in [0.1, 0.15) is 5.54 Å². The summed E-state index contributed by atoms with van der Waals surface area (Å²) in [6.07, 6.45) is 3.18. The fourth-order valence-corrected chi connectivity index (χ4v) is 3.53. The van der Waals surface area contributed by atoms with Crippen molar-refractivity contribution in [1.82, 2.24) is 15.3 Å². The second kappa shape index (κ2) is 6.11. The zero-order valence-corrected chi connectivity index (χ0v) is 13.4. The maximum atomic E-state index is 9.41.